The Morgan fingerprint density at radius 3 is 2.70 bits per heavy atom. The Bertz CT molecular complexity index is 415. The molecule has 0 bridgehead atoms. The fourth-order valence-electron chi connectivity index (χ4n) is 1.67. The second-order valence-electron chi connectivity index (χ2n) is 4.18. The summed E-state index contributed by atoms with van der Waals surface area (Å²) in [4.78, 5) is 6.55. The minimum Gasteiger partial charge on any atom is -0.383 e. The second-order valence-corrected chi connectivity index (χ2v) is 4.58. The van der Waals surface area contributed by atoms with Gasteiger partial charge in [-0.05, 0) is 18.6 Å². The van der Waals surface area contributed by atoms with Crippen molar-refractivity contribution < 1.29 is 4.74 Å². The van der Waals surface area contributed by atoms with Crippen molar-refractivity contribution in [2.75, 3.05) is 33.9 Å². The van der Waals surface area contributed by atoms with E-state index in [0.717, 1.165) is 29.6 Å². The van der Waals surface area contributed by atoms with Crippen LogP contribution < -0.4 is 5.32 Å². The lowest BCUT2D eigenvalue weighted by molar-refractivity contribution is 0.207. The average Bonchev–Trinajstić information content (AvgIpc) is 2.40. The molecule has 0 aliphatic heterocycles. The number of benzene rings is 1. The third kappa shape index (κ3) is 6.76. The van der Waals surface area contributed by atoms with E-state index in [-0.39, 0.29) is 24.0 Å². The zero-order valence-corrected chi connectivity index (χ0v) is 15.3. The van der Waals surface area contributed by atoms with Gasteiger partial charge in [-0.2, -0.15) is 0 Å². The molecule has 0 unspecified atom stereocenters. The van der Waals surface area contributed by atoms with Crippen LogP contribution in [0.2, 0.25) is 5.02 Å². The molecule has 0 heterocycles. The first-order valence-electron chi connectivity index (χ1n) is 6.40. The highest BCUT2D eigenvalue weighted by Gasteiger charge is 2.08. The molecule has 0 aliphatic rings. The molecule has 0 radical (unpaired) electrons. The van der Waals surface area contributed by atoms with Gasteiger partial charge in [0, 0.05) is 32.3 Å². The van der Waals surface area contributed by atoms with Crippen LogP contribution in [0.4, 0.5) is 0 Å². The van der Waals surface area contributed by atoms with Crippen LogP contribution in [0.1, 0.15) is 12.5 Å². The van der Waals surface area contributed by atoms with Crippen molar-refractivity contribution in [3.05, 3.63) is 34.9 Å². The van der Waals surface area contributed by atoms with Gasteiger partial charge in [-0.3, -0.25) is 4.99 Å². The lowest BCUT2D eigenvalue weighted by Gasteiger charge is -2.22. The first-order valence-corrected chi connectivity index (χ1v) is 6.78. The highest BCUT2D eigenvalue weighted by molar-refractivity contribution is 14.0. The van der Waals surface area contributed by atoms with Gasteiger partial charge in [-0.25, -0.2) is 0 Å². The molecular weight excluding hydrogens is 389 g/mol. The summed E-state index contributed by atoms with van der Waals surface area (Å²) in [6.45, 7) is 4.87. The Hall–Kier alpha value is -0.530. The molecule has 1 aromatic rings. The number of hydrogen-bond acceptors (Lipinski definition) is 2. The first-order chi connectivity index (χ1) is 9.19. The first kappa shape index (κ1) is 19.5. The summed E-state index contributed by atoms with van der Waals surface area (Å²) in [7, 11) is 3.67. The number of methoxy groups -OCH3 is 1. The summed E-state index contributed by atoms with van der Waals surface area (Å²) in [5.74, 6) is 0.861. The zero-order chi connectivity index (χ0) is 14.1. The van der Waals surface area contributed by atoms with E-state index in [9.17, 15) is 0 Å². The van der Waals surface area contributed by atoms with Gasteiger partial charge in [0.1, 0.15) is 0 Å². The molecule has 4 nitrogen and oxygen atoms in total. The van der Waals surface area contributed by atoms with Gasteiger partial charge in [0.25, 0.3) is 0 Å². The fraction of sp³-hybridized carbons (Fsp3) is 0.500. The number of hydrogen-bond donors (Lipinski definition) is 1. The minimum atomic E-state index is 0. The van der Waals surface area contributed by atoms with Crippen molar-refractivity contribution in [3.8, 4) is 0 Å². The molecule has 1 N–H and O–H groups in total. The maximum Gasteiger partial charge on any atom is 0.194 e. The molecule has 0 fully saturated rings. The van der Waals surface area contributed by atoms with Crippen LogP contribution >= 0.6 is 35.6 Å². The molecule has 20 heavy (non-hydrogen) atoms. The molecular formula is C14H23ClIN3O. The van der Waals surface area contributed by atoms with Crippen molar-refractivity contribution in [2.45, 2.75) is 13.5 Å². The van der Waals surface area contributed by atoms with Gasteiger partial charge < -0.3 is 15.0 Å². The lowest BCUT2D eigenvalue weighted by Crippen LogP contribution is -2.38. The molecule has 114 valence electrons. The predicted octanol–water partition coefficient (Wildman–Crippen LogP) is 3.00. The van der Waals surface area contributed by atoms with E-state index < -0.39 is 0 Å². The summed E-state index contributed by atoms with van der Waals surface area (Å²) < 4.78 is 5.01. The van der Waals surface area contributed by atoms with E-state index in [2.05, 4.69) is 22.1 Å². The number of guanidine groups is 1. The summed E-state index contributed by atoms with van der Waals surface area (Å²) in [6, 6.07) is 7.85. The second kappa shape index (κ2) is 11.2. The van der Waals surface area contributed by atoms with Crippen LogP contribution in [0, 0.1) is 0 Å². The van der Waals surface area contributed by atoms with Crippen LogP contribution in [0.5, 0.6) is 0 Å². The SMILES string of the molecule is CCNC(=NCCOC)N(C)Cc1ccccc1Cl.I. The summed E-state index contributed by atoms with van der Waals surface area (Å²) in [5.41, 5.74) is 1.09. The standard InChI is InChI=1S/C14H22ClN3O.HI/c1-4-16-14(17-9-10-19-3)18(2)11-12-7-5-6-8-13(12)15;/h5-8H,4,9-11H2,1-3H3,(H,16,17);1H. The van der Waals surface area contributed by atoms with Gasteiger partial charge in [0.05, 0.1) is 13.2 Å². The Balaban J connectivity index is 0.00000361. The van der Waals surface area contributed by atoms with E-state index in [1.165, 1.54) is 0 Å². The largest absolute Gasteiger partial charge is 0.383 e. The number of halogens is 2. The van der Waals surface area contributed by atoms with Gasteiger partial charge in [-0.1, -0.05) is 29.8 Å². The highest BCUT2D eigenvalue weighted by Crippen LogP contribution is 2.16. The van der Waals surface area contributed by atoms with Crippen LogP contribution in [0.3, 0.4) is 0 Å². The fourth-order valence-corrected chi connectivity index (χ4v) is 1.87. The van der Waals surface area contributed by atoms with Crippen molar-refractivity contribution in [3.63, 3.8) is 0 Å². The third-order valence-corrected chi connectivity index (χ3v) is 2.99. The summed E-state index contributed by atoms with van der Waals surface area (Å²) in [5, 5.41) is 4.04. The Kier molecular flexibility index (Phi) is 10.9. The maximum atomic E-state index is 6.17. The molecule has 0 aliphatic carbocycles. The van der Waals surface area contributed by atoms with Gasteiger partial charge >= 0.3 is 0 Å². The van der Waals surface area contributed by atoms with Crippen molar-refractivity contribution >= 4 is 41.5 Å². The molecule has 1 aromatic carbocycles. The van der Waals surface area contributed by atoms with E-state index >= 15 is 0 Å². The van der Waals surface area contributed by atoms with E-state index in [1.807, 2.05) is 31.3 Å². The van der Waals surface area contributed by atoms with Crippen LogP contribution in [-0.2, 0) is 11.3 Å². The van der Waals surface area contributed by atoms with Gasteiger partial charge in [0.2, 0.25) is 0 Å². The number of rotatable bonds is 6. The normalized spacial score (nSPS) is 10.9. The Morgan fingerprint density at radius 2 is 2.10 bits per heavy atom. The smallest absolute Gasteiger partial charge is 0.194 e. The minimum absolute atomic E-state index is 0. The van der Waals surface area contributed by atoms with Gasteiger partial charge in [0.15, 0.2) is 5.96 Å². The van der Waals surface area contributed by atoms with Crippen molar-refractivity contribution in [1.29, 1.82) is 0 Å². The van der Waals surface area contributed by atoms with Crippen LogP contribution in [-0.4, -0.2) is 44.7 Å². The number of nitrogens with zero attached hydrogens (tertiary/aromatic N) is 2. The number of ether oxygens (including phenoxy) is 1. The third-order valence-electron chi connectivity index (χ3n) is 2.62. The van der Waals surface area contributed by atoms with Gasteiger partial charge in [-0.15, -0.1) is 24.0 Å². The molecule has 6 heteroatoms. The molecule has 1 rings (SSSR count). The molecule has 0 spiro atoms. The van der Waals surface area contributed by atoms with E-state index in [1.54, 1.807) is 7.11 Å². The summed E-state index contributed by atoms with van der Waals surface area (Å²) in [6.07, 6.45) is 0. The molecule has 0 atom stereocenters. The molecule has 0 aromatic heterocycles. The quantitative estimate of drug-likeness (QED) is 0.338. The van der Waals surface area contributed by atoms with Crippen molar-refractivity contribution in [1.82, 2.24) is 10.2 Å². The average molecular weight is 412 g/mol. The van der Waals surface area contributed by atoms with E-state index in [4.69, 9.17) is 16.3 Å². The molecule has 0 saturated heterocycles. The highest BCUT2D eigenvalue weighted by atomic mass is 127. The monoisotopic (exact) mass is 411 g/mol. The number of nitrogens with one attached hydrogen (secondary N) is 1. The lowest BCUT2D eigenvalue weighted by atomic mass is 10.2. The van der Waals surface area contributed by atoms with Crippen LogP contribution in [0.25, 0.3) is 0 Å². The molecule has 0 saturated carbocycles. The Morgan fingerprint density at radius 1 is 1.40 bits per heavy atom. The zero-order valence-electron chi connectivity index (χ0n) is 12.2. The van der Waals surface area contributed by atoms with Crippen molar-refractivity contribution in [2.24, 2.45) is 4.99 Å². The Labute approximate surface area is 143 Å². The molecule has 0 amide bonds. The maximum absolute atomic E-state index is 6.17. The van der Waals surface area contributed by atoms with E-state index in [0.29, 0.717) is 13.2 Å². The summed E-state index contributed by atoms with van der Waals surface area (Å²) >= 11 is 6.17. The predicted molar refractivity (Wildman–Crippen MR) is 96.2 cm³/mol. The topological polar surface area (TPSA) is 36.9 Å². The van der Waals surface area contributed by atoms with Crippen LogP contribution in [0.15, 0.2) is 29.3 Å². The number of aliphatic imine (C=N–C) groups is 1.